The molecular weight excluding hydrogens is 234 g/mol. The molecule has 2 aromatic rings. The highest BCUT2D eigenvalue weighted by Crippen LogP contribution is 2.26. The number of aromatic nitrogens is 1. The molecule has 0 saturated heterocycles. The fourth-order valence-electron chi connectivity index (χ4n) is 2.22. The van der Waals surface area contributed by atoms with Crippen LogP contribution in [0.25, 0.3) is 16.5 Å². The Balaban J connectivity index is 2.72. The van der Waals surface area contributed by atoms with Crippen molar-refractivity contribution in [2.24, 2.45) is 17.8 Å². The number of rotatable bonds is 3. The van der Waals surface area contributed by atoms with Gasteiger partial charge in [0.25, 0.3) is 0 Å². The van der Waals surface area contributed by atoms with Crippen molar-refractivity contribution in [2.45, 2.75) is 13.8 Å². The van der Waals surface area contributed by atoms with Gasteiger partial charge in [-0.3, -0.25) is 4.99 Å². The van der Waals surface area contributed by atoms with Gasteiger partial charge in [0.15, 0.2) is 0 Å². The topological polar surface area (TPSA) is 43.3 Å². The van der Waals surface area contributed by atoms with Gasteiger partial charge in [-0.25, -0.2) is 0 Å². The molecule has 1 aromatic heterocycles. The van der Waals surface area contributed by atoms with Gasteiger partial charge in [0.05, 0.1) is 0 Å². The van der Waals surface area contributed by atoms with Crippen molar-refractivity contribution in [3.8, 4) is 0 Å². The lowest BCUT2D eigenvalue weighted by molar-refractivity contribution is 0.916. The van der Waals surface area contributed by atoms with Crippen LogP contribution in [0.2, 0.25) is 0 Å². The number of aryl methyl sites for hydroxylation is 1. The van der Waals surface area contributed by atoms with Crippen LogP contribution in [0.1, 0.15) is 23.7 Å². The number of allylic oxidation sites excluding steroid dienone is 1. The van der Waals surface area contributed by atoms with E-state index in [0.29, 0.717) is 0 Å². The normalized spacial score (nSPS) is 12.5. The highest BCUT2D eigenvalue weighted by molar-refractivity contribution is 6.02. The molecule has 0 saturated carbocycles. The van der Waals surface area contributed by atoms with Gasteiger partial charge < -0.3 is 10.3 Å². The molecule has 0 radical (unpaired) electrons. The SMILES string of the molecule is C=CN=Cc1c(C)n(C)c2cc(/C(C)=C/N)ccc12. The molecule has 0 unspecified atom stereocenters. The Morgan fingerprint density at radius 2 is 2.16 bits per heavy atom. The lowest BCUT2D eigenvalue weighted by atomic mass is 10.0. The quantitative estimate of drug-likeness (QED) is 0.837. The molecule has 2 rings (SSSR count). The van der Waals surface area contributed by atoms with E-state index in [-0.39, 0.29) is 0 Å². The number of nitrogens with two attached hydrogens (primary N) is 1. The van der Waals surface area contributed by atoms with Gasteiger partial charge in [0.2, 0.25) is 0 Å². The molecule has 98 valence electrons. The van der Waals surface area contributed by atoms with Crippen molar-refractivity contribution >= 4 is 22.7 Å². The van der Waals surface area contributed by atoms with Crippen molar-refractivity contribution in [3.63, 3.8) is 0 Å². The molecule has 1 aromatic carbocycles. The van der Waals surface area contributed by atoms with Crippen LogP contribution in [0.15, 0.2) is 42.2 Å². The summed E-state index contributed by atoms with van der Waals surface area (Å²) in [6.45, 7) is 7.72. The number of nitrogens with zero attached hydrogens (tertiary/aromatic N) is 2. The van der Waals surface area contributed by atoms with Gasteiger partial charge in [-0.05, 0) is 37.3 Å². The average Bonchev–Trinajstić information content (AvgIpc) is 2.68. The summed E-state index contributed by atoms with van der Waals surface area (Å²) in [5.74, 6) is 0. The number of aliphatic imine (C=N–C) groups is 1. The Labute approximate surface area is 113 Å². The van der Waals surface area contributed by atoms with Crippen LogP contribution in [0.5, 0.6) is 0 Å². The molecule has 0 atom stereocenters. The maximum absolute atomic E-state index is 5.59. The molecule has 2 N–H and O–H groups in total. The predicted molar refractivity (Wildman–Crippen MR) is 83.3 cm³/mol. The van der Waals surface area contributed by atoms with Gasteiger partial charge in [-0.2, -0.15) is 0 Å². The third-order valence-corrected chi connectivity index (χ3v) is 3.56. The van der Waals surface area contributed by atoms with Gasteiger partial charge >= 0.3 is 0 Å². The molecular formula is C16H19N3. The summed E-state index contributed by atoms with van der Waals surface area (Å²) >= 11 is 0. The predicted octanol–water partition coefficient (Wildman–Crippen LogP) is 3.37. The summed E-state index contributed by atoms with van der Waals surface area (Å²) < 4.78 is 2.17. The van der Waals surface area contributed by atoms with Crippen LogP contribution in [-0.2, 0) is 7.05 Å². The lowest BCUT2D eigenvalue weighted by Crippen LogP contribution is -1.92. The van der Waals surface area contributed by atoms with E-state index in [0.717, 1.165) is 16.7 Å². The first kappa shape index (κ1) is 13.1. The van der Waals surface area contributed by atoms with E-state index in [1.807, 2.05) is 13.1 Å². The average molecular weight is 253 g/mol. The summed E-state index contributed by atoms with van der Waals surface area (Å²) in [5.41, 5.74) is 11.3. The first-order chi connectivity index (χ1) is 9.10. The fraction of sp³-hybridized carbons (Fsp3) is 0.188. The first-order valence-corrected chi connectivity index (χ1v) is 6.22. The molecule has 0 aliphatic rings. The van der Waals surface area contributed by atoms with Crippen LogP contribution >= 0.6 is 0 Å². The summed E-state index contributed by atoms with van der Waals surface area (Å²) in [6.07, 6.45) is 5.04. The van der Waals surface area contributed by atoms with Crippen molar-refractivity contribution in [1.82, 2.24) is 4.57 Å². The highest BCUT2D eigenvalue weighted by atomic mass is 14.9. The molecule has 0 bridgehead atoms. The Morgan fingerprint density at radius 1 is 1.42 bits per heavy atom. The molecule has 3 heteroatoms. The van der Waals surface area contributed by atoms with Crippen molar-refractivity contribution in [1.29, 1.82) is 0 Å². The molecule has 0 fully saturated rings. The highest BCUT2D eigenvalue weighted by Gasteiger charge is 2.10. The maximum atomic E-state index is 5.59. The molecule has 3 nitrogen and oxygen atoms in total. The number of fused-ring (bicyclic) bond motifs is 1. The largest absolute Gasteiger partial charge is 0.404 e. The minimum Gasteiger partial charge on any atom is -0.404 e. The van der Waals surface area contributed by atoms with E-state index in [1.54, 1.807) is 12.4 Å². The molecule has 1 heterocycles. The zero-order chi connectivity index (χ0) is 14.0. The van der Waals surface area contributed by atoms with E-state index in [1.165, 1.54) is 16.6 Å². The first-order valence-electron chi connectivity index (χ1n) is 6.22. The monoisotopic (exact) mass is 253 g/mol. The second-order valence-corrected chi connectivity index (χ2v) is 4.60. The number of hydrogen-bond donors (Lipinski definition) is 1. The number of benzene rings is 1. The van der Waals surface area contributed by atoms with Crippen molar-refractivity contribution in [3.05, 3.63) is 54.0 Å². The molecule has 0 aliphatic carbocycles. The van der Waals surface area contributed by atoms with E-state index in [4.69, 9.17) is 5.73 Å². The lowest BCUT2D eigenvalue weighted by Gasteiger charge is -2.03. The minimum absolute atomic E-state index is 1.07. The van der Waals surface area contributed by atoms with Crippen LogP contribution in [0.4, 0.5) is 0 Å². The van der Waals surface area contributed by atoms with Gasteiger partial charge in [0.1, 0.15) is 0 Å². The van der Waals surface area contributed by atoms with Gasteiger partial charge in [-0.15, -0.1) is 0 Å². The van der Waals surface area contributed by atoms with Crippen LogP contribution in [-0.4, -0.2) is 10.8 Å². The standard InChI is InChI=1S/C16H19N3/c1-5-18-10-15-12(3)19(4)16-8-13(11(2)9-17)6-7-14(15)16/h5-10H,1,17H2,2-4H3/b11-9+,18-10?. The van der Waals surface area contributed by atoms with E-state index in [9.17, 15) is 0 Å². The summed E-state index contributed by atoms with van der Waals surface area (Å²) in [6, 6.07) is 6.37. The Morgan fingerprint density at radius 3 is 2.79 bits per heavy atom. The smallest absolute Gasteiger partial charge is 0.0492 e. The van der Waals surface area contributed by atoms with Crippen LogP contribution in [0.3, 0.4) is 0 Å². The van der Waals surface area contributed by atoms with E-state index in [2.05, 4.69) is 48.3 Å². The fourth-order valence-corrected chi connectivity index (χ4v) is 2.22. The van der Waals surface area contributed by atoms with Crippen molar-refractivity contribution in [2.75, 3.05) is 0 Å². The molecule has 0 aliphatic heterocycles. The Bertz CT molecular complexity index is 688. The summed E-state index contributed by atoms with van der Waals surface area (Å²) in [5, 5.41) is 1.19. The molecule has 0 spiro atoms. The van der Waals surface area contributed by atoms with E-state index < -0.39 is 0 Å². The summed E-state index contributed by atoms with van der Waals surface area (Å²) in [7, 11) is 2.06. The third kappa shape index (κ3) is 2.19. The number of hydrogen-bond acceptors (Lipinski definition) is 2. The van der Waals surface area contributed by atoms with Gasteiger partial charge in [-0.1, -0.05) is 18.7 Å². The van der Waals surface area contributed by atoms with E-state index >= 15 is 0 Å². The van der Waals surface area contributed by atoms with Crippen LogP contribution < -0.4 is 5.73 Å². The molecule has 19 heavy (non-hydrogen) atoms. The summed E-state index contributed by atoms with van der Waals surface area (Å²) in [4.78, 5) is 4.13. The zero-order valence-corrected chi connectivity index (χ0v) is 11.6. The third-order valence-electron chi connectivity index (χ3n) is 3.56. The minimum atomic E-state index is 1.07. The van der Waals surface area contributed by atoms with Crippen molar-refractivity contribution < 1.29 is 0 Å². The van der Waals surface area contributed by atoms with Gasteiger partial charge in [0, 0.05) is 41.6 Å². The zero-order valence-electron chi connectivity index (χ0n) is 11.6. The molecule has 0 amide bonds. The Hall–Kier alpha value is -2.29. The second-order valence-electron chi connectivity index (χ2n) is 4.60. The maximum Gasteiger partial charge on any atom is 0.0492 e. The Kier molecular flexibility index (Phi) is 3.56. The van der Waals surface area contributed by atoms with Crippen LogP contribution in [0, 0.1) is 6.92 Å². The second kappa shape index (κ2) is 5.14.